The van der Waals surface area contributed by atoms with Gasteiger partial charge in [0.1, 0.15) is 0 Å². The zero-order chi connectivity index (χ0) is 14.8. The van der Waals surface area contributed by atoms with Crippen LogP contribution in [0.5, 0.6) is 5.75 Å². The first-order valence-corrected chi connectivity index (χ1v) is 7.32. The zero-order valence-corrected chi connectivity index (χ0v) is 12.2. The molecule has 0 bridgehead atoms. The number of hydrogen-bond donors (Lipinski definition) is 1. The van der Waals surface area contributed by atoms with Crippen LogP contribution < -0.4 is 10.5 Å². The number of rotatable bonds is 4. The van der Waals surface area contributed by atoms with E-state index in [0.717, 1.165) is 18.4 Å². The summed E-state index contributed by atoms with van der Waals surface area (Å²) in [7, 11) is 1.47. The Labute approximate surface area is 124 Å². The molecular weight excluding hydrogens is 265 g/mol. The van der Waals surface area contributed by atoms with E-state index in [-0.39, 0.29) is 17.6 Å². The summed E-state index contributed by atoms with van der Waals surface area (Å²) in [4.78, 5) is 0. The zero-order valence-electron chi connectivity index (χ0n) is 12.2. The molecule has 0 saturated heterocycles. The lowest BCUT2D eigenvalue weighted by atomic mass is 9.92. The van der Waals surface area contributed by atoms with E-state index in [1.165, 1.54) is 24.3 Å². The van der Waals surface area contributed by atoms with E-state index in [0.29, 0.717) is 12.3 Å². The number of nitrogens with two attached hydrogens (primary N) is 1. The molecule has 0 radical (unpaired) electrons. The fourth-order valence-corrected chi connectivity index (χ4v) is 3.17. The van der Waals surface area contributed by atoms with E-state index in [4.69, 9.17) is 10.5 Å². The molecular formula is C18H20FNO. The summed E-state index contributed by atoms with van der Waals surface area (Å²) >= 11 is 0. The molecule has 21 heavy (non-hydrogen) atoms. The van der Waals surface area contributed by atoms with Gasteiger partial charge < -0.3 is 10.5 Å². The predicted molar refractivity (Wildman–Crippen MR) is 82.0 cm³/mol. The summed E-state index contributed by atoms with van der Waals surface area (Å²) in [6, 6.07) is 13.6. The maximum atomic E-state index is 13.7. The number of fused-ring (bicyclic) bond motifs is 1. The van der Waals surface area contributed by atoms with Gasteiger partial charge in [0.15, 0.2) is 11.6 Å². The molecule has 3 heteroatoms. The van der Waals surface area contributed by atoms with Crippen LogP contribution in [0.1, 0.15) is 16.7 Å². The summed E-state index contributed by atoms with van der Waals surface area (Å²) < 4.78 is 18.7. The van der Waals surface area contributed by atoms with Crippen LogP contribution in [0.3, 0.4) is 0 Å². The van der Waals surface area contributed by atoms with Crippen molar-refractivity contribution >= 4 is 0 Å². The Bertz CT molecular complexity index is 616. The van der Waals surface area contributed by atoms with Crippen molar-refractivity contribution in [2.24, 2.45) is 11.7 Å². The largest absolute Gasteiger partial charge is 0.494 e. The SMILES string of the molecule is COc1ccc(CC(N)C2Cc3ccccc3C2)cc1F. The lowest BCUT2D eigenvalue weighted by Crippen LogP contribution is -2.32. The normalized spacial score (nSPS) is 15.8. The van der Waals surface area contributed by atoms with Gasteiger partial charge in [0.25, 0.3) is 0 Å². The molecule has 1 aliphatic carbocycles. The number of methoxy groups -OCH3 is 1. The van der Waals surface area contributed by atoms with Crippen molar-refractivity contribution in [2.75, 3.05) is 7.11 Å². The van der Waals surface area contributed by atoms with Crippen LogP contribution in [0.4, 0.5) is 4.39 Å². The van der Waals surface area contributed by atoms with E-state index < -0.39 is 0 Å². The van der Waals surface area contributed by atoms with Gasteiger partial charge in [-0.1, -0.05) is 30.3 Å². The molecule has 0 spiro atoms. The van der Waals surface area contributed by atoms with Gasteiger partial charge >= 0.3 is 0 Å². The van der Waals surface area contributed by atoms with Crippen molar-refractivity contribution < 1.29 is 9.13 Å². The van der Waals surface area contributed by atoms with Crippen LogP contribution >= 0.6 is 0 Å². The molecule has 2 nitrogen and oxygen atoms in total. The van der Waals surface area contributed by atoms with E-state index in [1.54, 1.807) is 6.07 Å². The van der Waals surface area contributed by atoms with Crippen molar-refractivity contribution in [1.82, 2.24) is 0 Å². The van der Waals surface area contributed by atoms with Gasteiger partial charge in [0.05, 0.1) is 7.11 Å². The number of hydrogen-bond acceptors (Lipinski definition) is 2. The molecule has 0 saturated carbocycles. The molecule has 0 heterocycles. The molecule has 1 atom stereocenters. The summed E-state index contributed by atoms with van der Waals surface area (Å²) in [5, 5.41) is 0. The standard InChI is InChI=1S/C18H20FNO/c1-21-18-7-6-12(8-16(18)19)9-17(20)15-10-13-4-2-3-5-14(13)11-15/h2-8,15,17H,9-11,20H2,1H3. The third kappa shape index (κ3) is 2.93. The molecule has 3 rings (SSSR count). The van der Waals surface area contributed by atoms with Gasteiger partial charge in [-0.05, 0) is 54.0 Å². The van der Waals surface area contributed by atoms with Gasteiger partial charge in [0, 0.05) is 6.04 Å². The third-order valence-corrected chi connectivity index (χ3v) is 4.38. The molecule has 0 aromatic heterocycles. The molecule has 2 aromatic carbocycles. The maximum absolute atomic E-state index is 13.7. The Morgan fingerprint density at radius 3 is 2.43 bits per heavy atom. The molecule has 110 valence electrons. The predicted octanol–water partition coefficient (Wildman–Crippen LogP) is 3.12. The lowest BCUT2D eigenvalue weighted by molar-refractivity contribution is 0.385. The second kappa shape index (κ2) is 5.86. The second-order valence-electron chi connectivity index (χ2n) is 5.77. The van der Waals surface area contributed by atoms with Crippen molar-refractivity contribution in [3.8, 4) is 5.75 Å². The van der Waals surface area contributed by atoms with Crippen molar-refractivity contribution in [1.29, 1.82) is 0 Å². The topological polar surface area (TPSA) is 35.2 Å². The van der Waals surface area contributed by atoms with Crippen LogP contribution in [0, 0.1) is 11.7 Å². The maximum Gasteiger partial charge on any atom is 0.165 e. The van der Waals surface area contributed by atoms with Gasteiger partial charge in [-0.3, -0.25) is 0 Å². The van der Waals surface area contributed by atoms with Crippen molar-refractivity contribution in [3.63, 3.8) is 0 Å². The molecule has 2 aromatic rings. The van der Waals surface area contributed by atoms with Crippen LogP contribution in [0.2, 0.25) is 0 Å². The van der Waals surface area contributed by atoms with Crippen LogP contribution in [-0.4, -0.2) is 13.2 Å². The Morgan fingerprint density at radius 1 is 1.19 bits per heavy atom. The first kappa shape index (κ1) is 14.1. The highest BCUT2D eigenvalue weighted by molar-refractivity contribution is 5.33. The fourth-order valence-electron chi connectivity index (χ4n) is 3.17. The van der Waals surface area contributed by atoms with Gasteiger partial charge in [-0.25, -0.2) is 4.39 Å². The monoisotopic (exact) mass is 285 g/mol. The smallest absolute Gasteiger partial charge is 0.165 e. The average molecular weight is 285 g/mol. The van der Waals surface area contributed by atoms with Gasteiger partial charge in [-0.2, -0.15) is 0 Å². The summed E-state index contributed by atoms with van der Waals surface area (Å²) in [5.41, 5.74) is 10.1. The fraction of sp³-hybridized carbons (Fsp3) is 0.333. The highest BCUT2D eigenvalue weighted by Gasteiger charge is 2.26. The molecule has 1 unspecified atom stereocenters. The molecule has 0 fully saturated rings. The van der Waals surface area contributed by atoms with Crippen LogP contribution in [0.15, 0.2) is 42.5 Å². The quantitative estimate of drug-likeness (QED) is 0.936. The Hall–Kier alpha value is -1.87. The summed E-state index contributed by atoms with van der Waals surface area (Å²) in [5.74, 6) is 0.394. The second-order valence-corrected chi connectivity index (χ2v) is 5.77. The molecule has 2 N–H and O–H groups in total. The lowest BCUT2D eigenvalue weighted by Gasteiger charge is -2.19. The Balaban J connectivity index is 1.68. The van der Waals surface area contributed by atoms with Gasteiger partial charge in [-0.15, -0.1) is 0 Å². The molecule has 1 aliphatic rings. The molecule has 0 amide bonds. The van der Waals surface area contributed by atoms with E-state index in [1.807, 2.05) is 6.07 Å². The summed E-state index contributed by atoms with van der Waals surface area (Å²) in [6.45, 7) is 0. The van der Waals surface area contributed by atoms with Crippen LogP contribution in [0.25, 0.3) is 0 Å². The van der Waals surface area contributed by atoms with Gasteiger partial charge in [0.2, 0.25) is 0 Å². The number of ether oxygens (including phenoxy) is 1. The molecule has 0 aliphatic heterocycles. The van der Waals surface area contributed by atoms with E-state index >= 15 is 0 Å². The minimum Gasteiger partial charge on any atom is -0.494 e. The van der Waals surface area contributed by atoms with E-state index in [2.05, 4.69) is 24.3 Å². The minimum atomic E-state index is -0.322. The number of halogens is 1. The Morgan fingerprint density at radius 2 is 1.86 bits per heavy atom. The van der Waals surface area contributed by atoms with Crippen LogP contribution in [-0.2, 0) is 19.3 Å². The summed E-state index contributed by atoms with van der Waals surface area (Å²) in [6.07, 6.45) is 2.74. The van der Waals surface area contributed by atoms with E-state index in [9.17, 15) is 4.39 Å². The first-order chi connectivity index (χ1) is 10.2. The Kier molecular flexibility index (Phi) is 3.93. The average Bonchev–Trinajstić information content (AvgIpc) is 2.91. The highest BCUT2D eigenvalue weighted by atomic mass is 19.1. The number of benzene rings is 2. The van der Waals surface area contributed by atoms with Crippen molar-refractivity contribution in [2.45, 2.75) is 25.3 Å². The first-order valence-electron chi connectivity index (χ1n) is 7.32. The highest BCUT2D eigenvalue weighted by Crippen LogP contribution is 2.29. The minimum absolute atomic E-state index is 0.0465. The third-order valence-electron chi connectivity index (χ3n) is 4.38. The van der Waals surface area contributed by atoms with Crippen molar-refractivity contribution in [3.05, 3.63) is 65.0 Å².